The van der Waals surface area contributed by atoms with Gasteiger partial charge in [0.25, 0.3) is 0 Å². The molecule has 0 aromatic carbocycles. The van der Waals surface area contributed by atoms with Crippen LogP contribution in [0.4, 0.5) is 0 Å². The monoisotopic (exact) mass is 226 g/mol. The van der Waals surface area contributed by atoms with Gasteiger partial charge in [-0.3, -0.25) is 4.90 Å². The Morgan fingerprint density at radius 2 is 1.81 bits per heavy atom. The first-order valence-electron chi connectivity index (χ1n) is 6.79. The van der Waals surface area contributed by atoms with Crippen molar-refractivity contribution in [2.75, 3.05) is 19.6 Å². The van der Waals surface area contributed by atoms with Crippen molar-refractivity contribution < 1.29 is 0 Å². The summed E-state index contributed by atoms with van der Waals surface area (Å²) in [5, 5.41) is 3.70. The minimum Gasteiger partial charge on any atom is -0.311 e. The number of piperazine rings is 1. The van der Waals surface area contributed by atoms with Crippen molar-refractivity contribution in [2.45, 2.75) is 59.5 Å². The van der Waals surface area contributed by atoms with Crippen LogP contribution in [0.15, 0.2) is 0 Å². The molecule has 16 heavy (non-hydrogen) atoms. The lowest BCUT2D eigenvalue weighted by Gasteiger charge is -2.47. The molecule has 2 heteroatoms. The normalized spacial score (nSPS) is 26.6. The summed E-state index contributed by atoms with van der Waals surface area (Å²) in [5.74, 6) is 1.55. The van der Waals surface area contributed by atoms with Gasteiger partial charge in [-0.25, -0.2) is 0 Å². The van der Waals surface area contributed by atoms with Gasteiger partial charge in [0.15, 0.2) is 0 Å². The van der Waals surface area contributed by atoms with Crippen molar-refractivity contribution in [3.8, 4) is 0 Å². The summed E-state index contributed by atoms with van der Waals surface area (Å²) < 4.78 is 0. The minimum atomic E-state index is 0.317. The zero-order valence-electron chi connectivity index (χ0n) is 12.0. The average molecular weight is 226 g/mol. The number of rotatable bonds is 4. The summed E-state index contributed by atoms with van der Waals surface area (Å²) >= 11 is 0. The molecule has 1 heterocycles. The molecule has 0 spiro atoms. The first kappa shape index (κ1) is 14.0. The van der Waals surface area contributed by atoms with E-state index >= 15 is 0 Å². The molecule has 0 amide bonds. The second-order valence-electron chi connectivity index (χ2n) is 6.82. The number of nitrogens with zero attached hydrogens (tertiary/aromatic N) is 1. The van der Waals surface area contributed by atoms with Gasteiger partial charge in [-0.15, -0.1) is 0 Å². The molecule has 1 saturated heterocycles. The lowest BCUT2D eigenvalue weighted by atomic mass is 9.93. The molecule has 0 bridgehead atoms. The number of hydrogen-bond donors (Lipinski definition) is 1. The minimum absolute atomic E-state index is 0.317. The van der Waals surface area contributed by atoms with Gasteiger partial charge in [-0.05, 0) is 32.1 Å². The van der Waals surface area contributed by atoms with E-state index in [-0.39, 0.29) is 0 Å². The van der Waals surface area contributed by atoms with E-state index in [1.807, 2.05) is 0 Å². The Hall–Kier alpha value is -0.0800. The summed E-state index contributed by atoms with van der Waals surface area (Å²) in [5.41, 5.74) is 0.317. The fourth-order valence-corrected chi connectivity index (χ4v) is 2.57. The third-order valence-electron chi connectivity index (χ3n) is 3.46. The molecule has 1 atom stereocenters. The van der Waals surface area contributed by atoms with Gasteiger partial charge in [0.05, 0.1) is 0 Å². The van der Waals surface area contributed by atoms with Gasteiger partial charge >= 0.3 is 0 Å². The highest BCUT2D eigenvalue weighted by atomic mass is 15.3. The van der Waals surface area contributed by atoms with E-state index in [1.165, 1.54) is 19.5 Å². The number of nitrogens with one attached hydrogen (secondary N) is 1. The lowest BCUT2D eigenvalue weighted by Crippen LogP contribution is -2.62. The molecule has 0 radical (unpaired) electrons. The van der Waals surface area contributed by atoms with Crippen molar-refractivity contribution in [3.05, 3.63) is 0 Å². The van der Waals surface area contributed by atoms with E-state index in [4.69, 9.17) is 0 Å². The van der Waals surface area contributed by atoms with Gasteiger partial charge in [0.2, 0.25) is 0 Å². The molecular formula is C14H30N2. The molecule has 0 aromatic rings. The Morgan fingerprint density at radius 3 is 2.31 bits per heavy atom. The van der Waals surface area contributed by atoms with Crippen LogP contribution in [0.2, 0.25) is 0 Å². The van der Waals surface area contributed by atoms with Gasteiger partial charge in [-0.1, -0.05) is 27.7 Å². The highest BCUT2D eigenvalue weighted by Gasteiger charge is 2.33. The van der Waals surface area contributed by atoms with Crippen LogP contribution in [0.25, 0.3) is 0 Å². The van der Waals surface area contributed by atoms with Crippen molar-refractivity contribution in [3.63, 3.8) is 0 Å². The van der Waals surface area contributed by atoms with E-state index in [9.17, 15) is 0 Å². The SMILES string of the molecule is CC(C)CC1CN(CC(C)C)C(C)(C)CN1. The molecule has 0 saturated carbocycles. The Kier molecular flexibility index (Phi) is 4.81. The van der Waals surface area contributed by atoms with Crippen LogP contribution in [-0.4, -0.2) is 36.1 Å². The largest absolute Gasteiger partial charge is 0.311 e. The maximum atomic E-state index is 3.70. The summed E-state index contributed by atoms with van der Waals surface area (Å²) in [6.07, 6.45) is 1.30. The van der Waals surface area contributed by atoms with E-state index in [1.54, 1.807) is 0 Å². The van der Waals surface area contributed by atoms with E-state index in [2.05, 4.69) is 51.8 Å². The first-order chi connectivity index (χ1) is 7.31. The summed E-state index contributed by atoms with van der Waals surface area (Å²) in [6.45, 7) is 17.5. The molecule has 1 rings (SSSR count). The van der Waals surface area contributed by atoms with Crippen LogP contribution in [0.5, 0.6) is 0 Å². The Bertz CT molecular complexity index is 209. The first-order valence-corrected chi connectivity index (χ1v) is 6.79. The van der Waals surface area contributed by atoms with Crippen molar-refractivity contribution in [1.82, 2.24) is 10.2 Å². The molecule has 1 unspecified atom stereocenters. The topological polar surface area (TPSA) is 15.3 Å². The van der Waals surface area contributed by atoms with Crippen molar-refractivity contribution in [2.24, 2.45) is 11.8 Å². The van der Waals surface area contributed by atoms with Crippen molar-refractivity contribution in [1.29, 1.82) is 0 Å². The summed E-state index contributed by atoms with van der Waals surface area (Å²) in [6, 6.07) is 0.687. The molecule has 2 nitrogen and oxygen atoms in total. The molecule has 1 fully saturated rings. The highest BCUT2D eigenvalue weighted by molar-refractivity contribution is 4.93. The molecule has 1 aliphatic rings. The standard InChI is InChI=1S/C14H30N2/c1-11(2)7-13-9-16(8-12(3)4)14(5,6)10-15-13/h11-13,15H,7-10H2,1-6H3. The Labute approximate surface area is 102 Å². The Balaban J connectivity index is 2.55. The van der Waals surface area contributed by atoms with Gasteiger partial charge < -0.3 is 5.32 Å². The van der Waals surface area contributed by atoms with E-state index in [0.29, 0.717) is 11.6 Å². The molecular weight excluding hydrogens is 196 g/mol. The summed E-state index contributed by atoms with van der Waals surface area (Å²) in [7, 11) is 0. The smallest absolute Gasteiger partial charge is 0.0278 e. The van der Waals surface area contributed by atoms with Crippen LogP contribution in [0.1, 0.15) is 48.0 Å². The molecule has 0 aromatic heterocycles. The molecule has 1 aliphatic heterocycles. The zero-order chi connectivity index (χ0) is 12.3. The van der Waals surface area contributed by atoms with E-state index in [0.717, 1.165) is 18.4 Å². The van der Waals surface area contributed by atoms with Crippen LogP contribution in [-0.2, 0) is 0 Å². The zero-order valence-corrected chi connectivity index (χ0v) is 12.0. The second-order valence-corrected chi connectivity index (χ2v) is 6.82. The maximum Gasteiger partial charge on any atom is 0.0278 e. The fourth-order valence-electron chi connectivity index (χ4n) is 2.57. The quantitative estimate of drug-likeness (QED) is 0.793. The van der Waals surface area contributed by atoms with Crippen LogP contribution in [0.3, 0.4) is 0 Å². The predicted octanol–water partition coefficient (Wildman–Crippen LogP) is 2.74. The van der Waals surface area contributed by atoms with Gasteiger partial charge in [0.1, 0.15) is 0 Å². The molecule has 0 aliphatic carbocycles. The highest BCUT2D eigenvalue weighted by Crippen LogP contribution is 2.22. The predicted molar refractivity (Wildman–Crippen MR) is 71.7 cm³/mol. The van der Waals surface area contributed by atoms with Gasteiger partial charge in [-0.2, -0.15) is 0 Å². The third-order valence-corrected chi connectivity index (χ3v) is 3.46. The summed E-state index contributed by atoms with van der Waals surface area (Å²) in [4.78, 5) is 2.67. The molecule has 1 N–H and O–H groups in total. The fraction of sp³-hybridized carbons (Fsp3) is 1.00. The van der Waals surface area contributed by atoms with Crippen LogP contribution < -0.4 is 5.32 Å². The van der Waals surface area contributed by atoms with Crippen molar-refractivity contribution >= 4 is 0 Å². The third kappa shape index (κ3) is 4.06. The second kappa shape index (κ2) is 5.50. The average Bonchev–Trinajstić information content (AvgIpc) is 2.09. The maximum absolute atomic E-state index is 3.70. The van der Waals surface area contributed by atoms with E-state index < -0.39 is 0 Å². The van der Waals surface area contributed by atoms with Gasteiger partial charge in [0, 0.05) is 31.2 Å². The van der Waals surface area contributed by atoms with Crippen LogP contribution >= 0.6 is 0 Å². The molecule has 96 valence electrons. The van der Waals surface area contributed by atoms with Crippen LogP contribution in [0, 0.1) is 11.8 Å². The Morgan fingerprint density at radius 1 is 1.19 bits per heavy atom. The number of hydrogen-bond acceptors (Lipinski definition) is 2. The lowest BCUT2D eigenvalue weighted by molar-refractivity contribution is 0.0504.